The molecule has 0 spiro atoms. The first-order valence-electron chi connectivity index (χ1n) is 6.59. The van der Waals surface area contributed by atoms with Crippen LogP contribution in [-0.2, 0) is 6.42 Å². The lowest BCUT2D eigenvalue weighted by molar-refractivity contribution is 0.0789. The molecule has 100 valence electrons. The van der Waals surface area contributed by atoms with Gasteiger partial charge in [0.15, 0.2) is 0 Å². The van der Waals surface area contributed by atoms with E-state index in [9.17, 15) is 4.79 Å². The molecular weight excluding hydrogens is 224 g/mol. The van der Waals surface area contributed by atoms with Crippen LogP contribution in [0.2, 0.25) is 0 Å². The molecule has 1 aromatic carbocycles. The van der Waals surface area contributed by atoms with Crippen LogP contribution in [0.5, 0.6) is 0 Å². The van der Waals surface area contributed by atoms with Gasteiger partial charge in [0.25, 0.3) is 5.91 Å². The molecular formula is C15H24N2O. The molecule has 0 aliphatic carbocycles. The number of nitrogens with two attached hydrogens (primary N) is 1. The predicted molar refractivity (Wildman–Crippen MR) is 75.6 cm³/mol. The van der Waals surface area contributed by atoms with Gasteiger partial charge >= 0.3 is 0 Å². The van der Waals surface area contributed by atoms with E-state index in [0.29, 0.717) is 12.5 Å². The summed E-state index contributed by atoms with van der Waals surface area (Å²) in [6.45, 7) is 5.78. The van der Waals surface area contributed by atoms with Gasteiger partial charge in [0.05, 0.1) is 0 Å². The second-order valence-electron chi connectivity index (χ2n) is 5.14. The minimum absolute atomic E-state index is 0.0925. The van der Waals surface area contributed by atoms with Crippen LogP contribution in [0.1, 0.15) is 36.2 Å². The fraction of sp³-hybridized carbons (Fsp3) is 0.533. The molecule has 0 radical (unpaired) electrons. The summed E-state index contributed by atoms with van der Waals surface area (Å²) in [7, 11) is 1.86. The van der Waals surface area contributed by atoms with Gasteiger partial charge in [-0.05, 0) is 43.0 Å². The summed E-state index contributed by atoms with van der Waals surface area (Å²) in [6.07, 6.45) is 1.89. The van der Waals surface area contributed by atoms with Crippen molar-refractivity contribution in [1.82, 2.24) is 4.90 Å². The molecule has 0 saturated heterocycles. The van der Waals surface area contributed by atoms with Gasteiger partial charge < -0.3 is 10.6 Å². The van der Waals surface area contributed by atoms with E-state index in [1.165, 1.54) is 5.56 Å². The summed E-state index contributed by atoms with van der Waals surface area (Å²) in [5.41, 5.74) is 7.43. The van der Waals surface area contributed by atoms with E-state index in [-0.39, 0.29) is 5.91 Å². The Morgan fingerprint density at radius 1 is 1.28 bits per heavy atom. The molecule has 0 aromatic heterocycles. The maximum Gasteiger partial charge on any atom is 0.253 e. The fourth-order valence-corrected chi connectivity index (χ4v) is 1.75. The number of hydrogen-bond acceptors (Lipinski definition) is 2. The molecule has 0 saturated carbocycles. The highest BCUT2D eigenvalue weighted by molar-refractivity contribution is 5.94. The minimum Gasteiger partial charge on any atom is -0.342 e. The van der Waals surface area contributed by atoms with Gasteiger partial charge in [0, 0.05) is 19.2 Å². The third-order valence-electron chi connectivity index (χ3n) is 3.02. The van der Waals surface area contributed by atoms with Crippen LogP contribution < -0.4 is 5.73 Å². The fourth-order valence-electron chi connectivity index (χ4n) is 1.75. The van der Waals surface area contributed by atoms with Crippen molar-refractivity contribution in [3.8, 4) is 0 Å². The summed E-state index contributed by atoms with van der Waals surface area (Å²) in [5, 5.41) is 0. The highest BCUT2D eigenvalue weighted by Gasteiger charge is 2.11. The maximum atomic E-state index is 12.1. The van der Waals surface area contributed by atoms with Crippen LogP contribution in [0.4, 0.5) is 0 Å². The highest BCUT2D eigenvalue weighted by atomic mass is 16.2. The topological polar surface area (TPSA) is 46.3 Å². The van der Waals surface area contributed by atoms with Gasteiger partial charge in [-0.15, -0.1) is 0 Å². The van der Waals surface area contributed by atoms with Gasteiger partial charge in [-0.2, -0.15) is 0 Å². The van der Waals surface area contributed by atoms with E-state index < -0.39 is 0 Å². The van der Waals surface area contributed by atoms with Gasteiger partial charge in [0.1, 0.15) is 0 Å². The Labute approximate surface area is 110 Å². The molecule has 0 fully saturated rings. The Balaban J connectivity index is 2.60. The molecule has 3 nitrogen and oxygen atoms in total. The Hall–Kier alpha value is -1.35. The predicted octanol–water partition coefficient (Wildman–Crippen LogP) is 2.31. The van der Waals surface area contributed by atoms with E-state index in [1.54, 1.807) is 4.90 Å². The standard InChI is InChI=1S/C15H24N2O/c1-12(2)9-11-17(3)15(18)14-6-4-13(5-7-14)8-10-16/h4-7,12H,8-11,16H2,1-3H3. The molecule has 18 heavy (non-hydrogen) atoms. The normalized spacial score (nSPS) is 10.7. The third-order valence-corrected chi connectivity index (χ3v) is 3.02. The Morgan fingerprint density at radius 3 is 2.39 bits per heavy atom. The lowest BCUT2D eigenvalue weighted by Crippen LogP contribution is -2.28. The lowest BCUT2D eigenvalue weighted by Gasteiger charge is -2.18. The number of hydrogen-bond donors (Lipinski definition) is 1. The molecule has 0 unspecified atom stereocenters. The molecule has 0 heterocycles. The van der Waals surface area contributed by atoms with Crippen LogP contribution in [0.25, 0.3) is 0 Å². The van der Waals surface area contributed by atoms with E-state index >= 15 is 0 Å². The van der Waals surface area contributed by atoms with Crippen LogP contribution in [0, 0.1) is 5.92 Å². The Bertz CT molecular complexity index is 371. The van der Waals surface area contributed by atoms with Crippen LogP contribution in [0.3, 0.4) is 0 Å². The number of amides is 1. The average Bonchev–Trinajstić information content (AvgIpc) is 2.36. The van der Waals surface area contributed by atoms with Crippen molar-refractivity contribution in [2.75, 3.05) is 20.1 Å². The first-order valence-corrected chi connectivity index (χ1v) is 6.59. The van der Waals surface area contributed by atoms with E-state index in [2.05, 4.69) is 13.8 Å². The first-order chi connectivity index (χ1) is 8.54. The van der Waals surface area contributed by atoms with E-state index in [0.717, 1.165) is 24.9 Å². The Morgan fingerprint density at radius 2 is 1.89 bits per heavy atom. The minimum atomic E-state index is 0.0925. The van der Waals surface area contributed by atoms with Crippen molar-refractivity contribution in [2.45, 2.75) is 26.7 Å². The van der Waals surface area contributed by atoms with Crippen LogP contribution in [-0.4, -0.2) is 30.9 Å². The molecule has 1 aromatic rings. The first kappa shape index (κ1) is 14.7. The highest BCUT2D eigenvalue weighted by Crippen LogP contribution is 2.09. The van der Waals surface area contributed by atoms with Crippen molar-refractivity contribution in [1.29, 1.82) is 0 Å². The smallest absolute Gasteiger partial charge is 0.253 e. The van der Waals surface area contributed by atoms with Crippen molar-refractivity contribution >= 4 is 5.91 Å². The molecule has 2 N–H and O–H groups in total. The Kier molecular flexibility index (Phi) is 5.86. The number of benzene rings is 1. The summed E-state index contributed by atoms with van der Waals surface area (Å²) >= 11 is 0. The van der Waals surface area contributed by atoms with Gasteiger partial charge in [-0.3, -0.25) is 4.79 Å². The van der Waals surface area contributed by atoms with E-state index in [1.807, 2.05) is 31.3 Å². The molecule has 1 amide bonds. The van der Waals surface area contributed by atoms with Gasteiger partial charge in [-0.1, -0.05) is 26.0 Å². The summed E-state index contributed by atoms with van der Waals surface area (Å²) < 4.78 is 0. The van der Waals surface area contributed by atoms with Crippen molar-refractivity contribution in [3.63, 3.8) is 0 Å². The molecule has 0 aliphatic rings. The van der Waals surface area contributed by atoms with Crippen molar-refractivity contribution in [2.24, 2.45) is 11.7 Å². The lowest BCUT2D eigenvalue weighted by atomic mass is 10.1. The largest absolute Gasteiger partial charge is 0.342 e. The number of rotatable bonds is 6. The quantitative estimate of drug-likeness (QED) is 0.839. The van der Waals surface area contributed by atoms with Gasteiger partial charge in [0.2, 0.25) is 0 Å². The van der Waals surface area contributed by atoms with Gasteiger partial charge in [-0.25, -0.2) is 0 Å². The molecule has 3 heteroatoms. The molecule has 1 rings (SSSR count). The zero-order valence-corrected chi connectivity index (χ0v) is 11.6. The molecule has 0 atom stereocenters. The molecule has 0 bridgehead atoms. The number of carbonyl (C=O) groups excluding carboxylic acids is 1. The number of nitrogens with zero attached hydrogens (tertiary/aromatic N) is 1. The maximum absolute atomic E-state index is 12.1. The second-order valence-corrected chi connectivity index (χ2v) is 5.14. The molecule has 0 aliphatic heterocycles. The monoisotopic (exact) mass is 248 g/mol. The second kappa shape index (κ2) is 7.17. The summed E-state index contributed by atoms with van der Waals surface area (Å²) in [4.78, 5) is 13.9. The van der Waals surface area contributed by atoms with Crippen molar-refractivity contribution < 1.29 is 4.79 Å². The zero-order valence-electron chi connectivity index (χ0n) is 11.6. The average molecular weight is 248 g/mol. The summed E-state index contributed by atoms with van der Waals surface area (Å²) in [5.74, 6) is 0.710. The van der Waals surface area contributed by atoms with Crippen molar-refractivity contribution in [3.05, 3.63) is 35.4 Å². The SMILES string of the molecule is CC(C)CCN(C)C(=O)c1ccc(CCN)cc1. The summed E-state index contributed by atoms with van der Waals surface area (Å²) in [6, 6.07) is 7.74. The zero-order chi connectivity index (χ0) is 13.5. The third kappa shape index (κ3) is 4.49. The van der Waals surface area contributed by atoms with E-state index in [4.69, 9.17) is 5.73 Å². The van der Waals surface area contributed by atoms with Crippen LogP contribution >= 0.6 is 0 Å². The number of carbonyl (C=O) groups is 1. The van der Waals surface area contributed by atoms with Crippen LogP contribution in [0.15, 0.2) is 24.3 Å².